The quantitative estimate of drug-likeness (QED) is 0.765. The van der Waals surface area contributed by atoms with Crippen LogP contribution in [0.2, 0.25) is 0 Å². The Balaban J connectivity index is -0.000000190. The first-order valence-corrected chi connectivity index (χ1v) is 5.87. The third-order valence-electron chi connectivity index (χ3n) is 2.02. The van der Waals surface area contributed by atoms with E-state index in [-0.39, 0.29) is 23.3 Å². The predicted octanol–water partition coefficient (Wildman–Crippen LogP) is 3.45. The molecule has 0 spiro atoms. The fourth-order valence-corrected chi connectivity index (χ4v) is 0. The third-order valence-corrected chi connectivity index (χ3v) is 2.02. The minimum atomic E-state index is -0.889. The van der Waals surface area contributed by atoms with Crippen LogP contribution in [-0.2, 0) is 14.4 Å². The summed E-state index contributed by atoms with van der Waals surface area (Å²) in [5.41, 5.74) is 0. The summed E-state index contributed by atoms with van der Waals surface area (Å²) in [6.07, 6.45) is 0.667. The van der Waals surface area contributed by atoms with Crippen molar-refractivity contribution in [3.63, 3.8) is 0 Å². The van der Waals surface area contributed by atoms with Crippen LogP contribution in [0.15, 0.2) is 0 Å². The molecule has 0 saturated heterocycles. The van der Waals surface area contributed by atoms with Crippen molar-refractivity contribution in [3.8, 4) is 0 Å². The molecule has 0 fully saturated rings. The van der Waals surface area contributed by atoms with Gasteiger partial charge in [-0.25, -0.2) is 0 Å². The lowest BCUT2D eigenvalue weighted by atomic mass is 10.1. The van der Waals surface area contributed by atoms with Gasteiger partial charge in [0, 0.05) is 19.6 Å². The smallest absolute Gasteiger partial charge is 0.132 e. The van der Waals surface area contributed by atoms with E-state index in [0.717, 1.165) is 0 Å². The maximum atomic E-state index is 10.3. The Morgan fingerprint density at radius 2 is 1.12 bits per heavy atom. The molecule has 0 amide bonds. The van der Waals surface area contributed by atoms with Crippen LogP contribution < -0.4 is 0 Å². The SMILES string of the molecule is CC(=O)C(C)C.CCC(C)=O.[2H]C(C)(C)C(C)=O. The van der Waals surface area contributed by atoms with Crippen LogP contribution in [0.4, 0.5) is 0 Å². The number of carbonyl (C=O) groups excluding carboxylic acids is 3. The molecule has 0 aromatic heterocycles. The molecule has 0 aliphatic carbocycles. The normalized spacial score (nSPS) is 10.3. The lowest BCUT2D eigenvalue weighted by molar-refractivity contribution is -0.120. The minimum Gasteiger partial charge on any atom is -0.300 e. The van der Waals surface area contributed by atoms with Gasteiger partial charge in [0.2, 0.25) is 0 Å². The second kappa shape index (κ2) is 13.1. The molecule has 102 valence electrons. The maximum absolute atomic E-state index is 10.3. The first kappa shape index (κ1) is 18.4. The highest BCUT2D eigenvalue weighted by molar-refractivity contribution is 5.77. The highest BCUT2D eigenvalue weighted by Crippen LogP contribution is 1.90. The fourth-order valence-electron chi connectivity index (χ4n) is 0. The van der Waals surface area contributed by atoms with E-state index in [2.05, 4.69) is 0 Å². The molecule has 0 saturated carbocycles. The first-order chi connectivity index (χ1) is 7.86. The topological polar surface area (TPSA) is 51.2 Å². The van der Waals surface area contributed by atoms with Crippen molar-refractivity contribution in [2.24, 2.45) is 11.8 Å². The average Bonchev–Trinajstić information content (AvgIpc) is 2.17. The van der Waals surface area contributed by atoms with E-state index in [1.165, 1.54) is 6.92 Å². The zero-order valence-electron chi connectivity index (χ0n) is 13.5. The molecule has 0 radical (unpaired) electrons. The molecular formula is C14H28O3. The van der Waals surface area contributed by atoms with Gasteiger partial charge in [0.05, 0.1) is 0 Å². The lowest BCUT2D eigenvalue weighted by Crippen LogP contribution is -1.98. The number of ketones is 3. The Labute approximate surface area is 107 Å². The monoisotopic (exact) mass is 245 g/mol. The molecule has 0 aromatic carbocycles. The zero-order valence-corrected chi connectivity index (χ0v) is 12.5. The van der Waals surface area contributed by atoms with Crippen molar-refractivity contribution in [1.82, 2.24) is 0 Å². The summed E-state index contributed by atoms with van der Waals surface area (Å²) in [5.74, 6) is -0.252. The van der Waals surface area contributed by atoms with Gasteiger partial charge in [0.1, 0.15) is 17.3 Å². The molecule has 0 heterocycles. The summed E-state index contributed by atoms with van der Waals surface area (Å²) in [6.45, 7) is 13.4. The molecule has 0 rings (SSSR count). The zero-order chi connectivity index (χ0) is 15.5. The summed E-state index contributed by atoms with van der Waals surface area (Å²) < 4.78 is 7.04. The molecule has 0 atom stereocenters. The fraction of sp³-hybridized carbons (Fsp3) is 0.786. The summed E-state index contributed by atoms with van der Waals surface area (Å²) in [6, 6.07) is 0. The highest BCUT2D eigenvalue weighted by Gasteiger charge is 1.95. The van der Waals surface area contributed by atoms with Crippen LogP contribution >= 0.6 is 0 Å². The van der Waals surface area contributed by atoms with Crippen molar-refractivity contribution in [3.05, 3.63) is 0 Å². The molecule has 0 unspecified atom stereocenters. The molecule has 3 nitrogen and oxygen atoms in total. The Morgan fingerprint density at radius 3 is 1.12 bits per heavy atom. The van der Waals surface area contributed by atoms with Gasteiger partial charge in [-0.2, -0.15) is 0 Å². The lowest BCUT2D eigenvalue weighted by Gasteiger charge is -1.90. The van der Waals surface area contributed by atoms with E-state index in [1.54, 1.807) is 27.7 Å². The van der Waals surface area contributed by atoms with Crippen molar-refractivity contribution in [2.45, 2.75) is 61.8 Å². The molecule has 0 aliphatic rings. The standard InChI is InChI=1S/2C5H10O.C4H8O/c2*1-4(2)5(3)6;1-3-4(2)5/h2*4H,1-3H3;3H2,1-2H3/i4D;;. The summed E-state index contributed by atoms with van der Waals surface area (Å²) in [4.78, 5) is 30.2. The van der Waals surface area contributed by atoms with E-state index in [4.69, 9.17) is 1.37 Å². The summed E-state index contributed by atoms with van der Waals surface area (Å²) >= 11 is 0. The molecular weight excluding hydrogens is 216 g/mol. The third kappa shape index (κ3) is 31.3. The van der Waals surface area contributed by atoms with Crippen LogP contribution in [0.25, 0.3) is 0 Å². The van der Waals surface area contributed by atoms with Crippen molar-refractivity contribution >= 4 is 17.3 Å². The Kier molecular flexibility index (Phi) is 14.1. The summed E-state index contributed by atoms with van der Waals surface area (Å²) in [7, 11) is 0. The molecule has 17 heavy (non-hydrogen) atoms. The largest absolute Gasteiger partial charge is 0.300 e. The summed E-state index contributed by atoms with van der Waals surface area (Å²) in [5, 5.41) is 0. The number of rotatable bonds is 3. The van der Waals surface area contributed by atoms with Crippen LogP contribution in [0, 0.1) is 11.8 Å². The average molecular weight is 245 g/mol. The van der Waals surface area contributed by atoms with E-state index < -0.39 is 5.89 Å². The number of hydrogen-bond acceptors (Lipinski definition) is 3. The maximum Gasteiger partial charge on any atom is 0.132 e. The van der Waals surface area contributed by atoms with Crippen LogP contribution in [0.1, 0.15) is 63.2 Å². The van der Waals surface area contributed by atoms with E-state index in [1.807, 2.05) is 20.8 Å². The predicted molar refractivity (Wildman–Crippen MR) is 72.0 cm³/mol. The van der Waals surface area contributed by atoms with Gasteiger partial charge in [-0.1, -0.05) is 34.6 Å². The van der Waals surface area contributed by atoms with E-state index in [0.29, 0.717) is 6.42 Å². The van der Waals surface area contributed by atoms with Gasteiger partial charge in [-0.05, 0) is 20.8 Å². The van der Waals surface area contributed by atoms with Gasteiger partial charge in [0.25, 0.3) is 0 Å². The van der Waals surface area contributed by atoms with Gasteiger partial charge >= 0.3 is 0 Å². The van der Waals surface area contributed by atoms with Gasteiger partial charge in [0.15, 0.2) is 0 Å². The second-order valence-electron chi connectivity index (χ2n) is 4.38. The number of Topliss-reactive ketones (excluding diaryl/α,β-unsaturated/α-hetero) is 3. The van der Waals surface area contributed by atoms with Gasteiger partial charge in [-0.3, -0.25) is 9.59 Å². The highest BCUT2D eigenvalue weighted by atomic mass is 16.1. The van der Waals surface area contributed by atoms with Crippen molar-refractivity contribution < 1.29 is 15.8 Å². The van der Waals surface area contributed by atoms with Gasteiger partial charge < -0.3 is 4.79 Å². The Bertz CT molecular complexity index is 263. The number of hydrogen-bond donors (Lipinski definition) is 0. The van der Waals surface area contributed by atoms with Crippen molar-refractivity contribution in [1.29, 1.82) is 0 Å². The van der Waals surface area contributed by atoms with E-state index >= 15 is 0 Å². The molecule has 0 bridgehead atoms. The molecule has 0 aliphatic heterocycles. The first-order valence-electron chi connectivity index (χ1n) is 6.37. The van der Waals surface area contributed by atoms with Gasteiger partial charge in [-0.15, -0.1) is 0 Å². The molecule has 0 aromatic rings. The Hall–Kier alpha value is -0.990. The van der Waals surface area contributed by atoms with Crippen LogP contribution in [-0.4, -0.2) is 17.3 Å². The minimum absolute atomic E-state index is 0.0903. The van der Waals surface area contributed by atoms with Crippen LogP contribution in [0.3, 0.4) is 0 Å². The molecule has 3 heteroatoms. The van der Waals surface area contributed by atoms with E-state index in [9.17, 15) is 14.4 Å². The van der Waals surface area contributed by atoms with Crippen LogP contribution in [0.5, 0.6) is 0 Å². The van der Waals surface area contributed by atoms with Crippen molar-refractivity contribution in [2.75, 3.05) is 0 Å². The molecule has 0 N–H and O–H groups in total. The Morgan fingerprint density at radius 1 is 0.941 bits per heavy atom. The number of carbonyl (C=O) groups is 3. The second-order valence-corrected chi connectivity index (χ2v) is 4.38.